The van der Waals surface area contributed by atoms with E-state index in [0.29, 0.717) is 38.9 Å². The van der Waals surface area contributed by atoms with Gasteiger partial charge in [-0.3, -0.25) is 19.2 Å². The smallest absolute Gasteiger partial charge is 0.416 e. The van der Waals surface area contributed by atoms with Gasteiger partial charge in [0.2, 0.25) is 0 Å². The first-order chi connectivity index (χ1) is 37.4. The number of aliphatic hydroxyl groups excluding tert-OH is 2. The second-order valence-electron chi connectivity index (χ2n) is 16.9. The van der Waals surface area contributed by atoms with Crippen LogP contribution >= 0.6 is 58.0 Å². The summed E-state index contributed by atoms with van der Waals surface area (Å²) in [6.45, 7) is 5.72. The molecule has 0 saturated carbocycles. The minimum absolute atomic E-state index is 0.00842. The standard InChI is InChI=1S/C55H40Cl5F3N8O8/c1-27-5-19-47(78-36-13-9-34(56)10-14-36)45(21-27)66-51(74)31-6-17-38(58)43(23-31)69-71-50(30(4)73)54(77)65-42-22-28(2)41(26-40(42)60)64-53(76)49(29(3)72)70-68-44-24-32(7-18-39(44)59)52(75)67-46-25-33(55(61,62)63)8-20-48(46)79-37-15-11-35(57)12-16-37/h5-26,72-73H,1-4H3,(H,64,76)(H,65,77)(H,66,74)(H,67,75)/b49-29+,50-30+,70-68?,71-69?. The van der Waals surface area contributed by atoms with Gasteiger partial charge in [-0.05, 0) is 166 Å². The minimum Gasteiger partial charge on any atom is -0.510 e. The van der Waals surface area contributed by atoms with E-state index in [2.05, 4.69) is 41.7 Å². The highest BCUT2D eigenvalue weighted by Crippen LogP contribution is 2.39. The number of hydrogen-bond donors (Lipinski definition) is 6. The lowest BCUT2D eigenvalue weighted by Crippen LogP contribution is -2.17. The summed E-state index contributed by atoms with van der Waals surface area (Å²) in [6, 6.07) is 30.9. The van der Waals surface area contributed by atoms with E-state index in [9.17, 15) is 42.6 Å². The Hall–Kier alpha value is -8.46. The molecule has 6 N–H and O–H groups in total. The van der Waals surface area contributed by atoms with Crippen LogP contribution in [0.2, 0.25) is 25.1 Å². The van der Waals surface area contributed by atoms with Crippen LogP contribution < -0.4 is 30.7 Å². The summed E-state index contributed by atoms with van der Waals surface area (Å²) in [5.74, 6) is -3.64. The summed E-state index contributed by atoms with van der Waals surface area (Å²) in [5, 5.41) is 48.0. The Labute approximate surface area is 473 Å². The summed E-state index contributed by atoms with van der Waals surface area (Å²) < 4.78 is 53.0. The second kappa shape index (κ2) is 25.3. The van der Waals surface area contributed by atoms with Crippen molar-refractivity contribution in [2.75, 3.05) is 21.3 Å². The van der Waals surface area contributed by atoms with Crippen molar-refractivity contribution in [1.82, 2.24) is 0 Å². The maximum absolute atomic E-state index is 13.7. The lowest BCUT2D eigenvalue weighted by molar-refractivity contribution is -0.137. The highest BCUT2D eigenvalue weighted by atomic mass is 35.5. The van der Waals surface area contributed by atoms with E-state index in [1.165, 1.54) is 73.7 Å². The molecule has 24 heteroatoms. The quantitative estimate of drug-likeness (QED) is 0.0309. The Morgan fingerprint density at radius 2 is 0.937 bits per heavy atom. The number of carbonyl (C=O) groups excluding carboxylic acids is 4. The van der Waals surface area contributed by atoms with Crippen molar-refractivity contribution in [3.05, 3.63) is 209 Å². The molecule has 16 nitrogen and oxygen atoms in total. The van der Waals surface area contributed by atoms with Crippen LogP contribution in [0.5, 0.6) is 23.0 Å². The van der Waals surface area contributed by atoms with Crippen molar-refractivity contribution in [2.45, 2.75) is 33.9 Å². The van der Waals surface area contributed by atoms with Gasteiger partial charge in [0.25, 0.3) is 23.6 Å². The number of halogens is 8. The van der Waals surface area contributed by atoms with Crippen LogP contribution in [-0.4, -0.2) is 33.8 Å². The summed E-state index contributed by atoms with van der Waals surface area (Å²) in [4.78, 5) is 54.2. The molecule has 0 spiro atoms. The number of amides is 4. The molecule has 0 unspecified atom stereocenters. The van der Waals surface area contributed by atoms with Gasteiger partial charge in [0, 0.05) is 26.9 Å². The van der Waals surface area contributed by atoms with E-state index in [4.69, 9.17) is 67.5 Å². The number of anilines is 4. The number of carbonyl (C=O) groups is 4. The molecule has 79 heavy (non-hydrogen) atoms. The van der Waals surface area contributed by atoms with E-state index in [-0.39, 0.29) is 66.1 Å². The molecule has 404 valence electrons. The van der Waals surface area contributed by atoms with Gasteiger partial charge in [-0.15, -0.1) is 20.5 Å². The molecule has 0 fully saturated rings. The molecule has 7 aromatic carbocycles. The van der Waals surface area contributed by atoms with Gasteiger partial charge in [0.15, 0.2) is 22.9 Å². The normalized spacial score (nSPS) is 12.2. The van der Waals surface area contributed by atoms with Gasteiger partial charge in [-0.1, -0.05) is 64.1 Å². The van der Waals surface area contributed by atoms with Crippen molar-refractivity contribution in [3.8, 4) is 23.0 Å². The predicted molar refractivity (Wildman–Crippen MR) is 298 cm³/mol. The molecule has 0 aliphatic heterocycles. The molecule has 7 aromatic rings. The fourth-order valence-electron chi connectivity index (χ4n) is 6.88. The molecule has 0 bridgehead atoms. The van der Waals surface area contributed by atoms with Gasteiger partial charge < -0.3 is 41.0 Å². The number of hydrogen-bond acceptors (Lipinski definition) is 12. The predicted octanol–water partition coefficient (Wildman–Crippen LogP) is 17.7. The number of ether oxygens (including phenoxy) is 2. The highest BCUT2D eigenvalue weighted by molar-refractivity contribution is 6.35. The largest absolute Gasteiger partial charge is 0.510 e. The monoisotopic (exact) mass is 1170 g/mol. The Balaban J connectivity index is 1.02. The fraction of sp³-hybridized carbons (Fsp3) is 0.0909. The lowest BCUT2D eigenvalue weighted by atomic mass is 10.1. The molecular weight excluding hydrogens is 1130 g/mol. The van der Waals surface area contributed by atoms with Crippen LogP contribution in [0.3, 0.4) is 0 Å². The van der Waals surface area contributed by atoms with Crippen LogP contribution in [0.15, 0.2) is 177 Å². The van der Waals surface area contributed by atoms with E-state index < -0.39 is 58.3 Å². The number of nitrogens with zero attached hydrogens (tertiary/aromatic N) is 4. The highest BCUT2D eigenvalue weighted by Gasteiger charge is 2.32. The minimum atomic E-state index is -4.76. The van der Waals surface area contributed by atoms with E-state index in [1.54, 1.807) is 43.3 Å². The Morgan fingerprint density at radius 3 is 1.39 bits per heavy atom. The zero-order valence-corrected chi connectivity index (χ0v) is 45.1. The van der Waals surface area contributed by atoms with Crippen LogP contribution in [0.1, 0.15) is 51.3 Å². The molecule has 7 rings (SSSR count). The number of nitrogens with one attached hydrogen (secondary N) is 4. The Bertz CT molecular complexity index is 3660. The molecule has 0 aromatic heterocycles. The third-order valence-electron chi connectivity index (χ3n) is 10.9. The van der Waals surface area contributed by atoms with Crippen LogP contribution in [-0.2, 0) is 15.8 Å². The van der Waals surface area contributed by atoms with Crippen molar-refractivity contribution in [2.24, 2.45) is 20.5 Å². The zero-order valence-electron chi connectivity index (χ0n) is 41.4. The fourth-order valence-corrected chi connectivity index (χ4v) is 7.65. The third-order valence-corrected chi connectivity index (χ3v) is 12.3. The van der Waals surface area contributed by atoms with Crippen LogP contribution in [0, 0.1) is 13.8 Å². The molecule has 4 amide bonds. The summed E-state index contributed by atoms with van der Waals surface area (Å²) in [6.07, 6.45) is -4.76. The van der Waals surface area contributed by atoms with E-state index in [1.807, 2.05) is 13.0 Å². The SMILES string of the molecule is C/C(O)=C(\N=Nc1cc(C(=O)Nc2cc(C(F)(F)F)ccc2Oc2ccc(Cl)cc2)ccc1Cl)C(=O)Nc1cc(Cl)c(NC(=O)/C(N=Nc2cc(C(=O)Nc3cc(C)ccc3Oc3ccc(Cl)cc3)ccc2Cl)=C(/C)O)cc1C. The first-order valence-corrected chi connectivity index (χ1v) is 24.8. The third kappa shape index (κ3) is 15.4. The number of aliphatic hydroxyl groups is 2. The van der Waals surface area contributed by atoms with E-state index in [0.717, 1.165) is 30.7 Å². The van der Waals surface area contributed by atoms with Crippen LogP contribution in [0.25, 0.3) is 0 Å². The zero-order chi connectivity index (χ0) is 57.3. The first-order valence-electron chi connectivity index (χ1n) is 22.9. The molecule has 0 heterocycles. The molecule has 0 radical (unpaired) electrons. The van der Waals surface area contributed by atoms with Crippen LogP contribution in [0.4, 0.5) is 47.3 Å². The average molecular weight is 1180 g/mol. The van der Waals surface area contributed by atoms with Gasteiger partial charge in [-0.25, -0.2) is 0 Å². The number of rotatable bonds is 16. The number of azo groups is 2. The topological polar surface area (TPSA) is 225 Å². The Morgan fingerprint density at radius 1 is 0.494 bits per heavy atom. The summed E-state index contributed by atoms with van der Waals surface area (Å²) in [7, 11) is 0. The average Bonchev–Trinajstić information content (AvgIpc) is 3.40. The maximum atomic E-state index is 13.7. The number of allylic oxidation sites excluding steroid dienone is 2. The lowest BCUT2D eigenvalue weighted by Gasteiger charge is -2.15. The second-order valence-corrected chi connectivity index (χ2v) is 19.0. The number of aryl methyl sites for hydroxylation is 2. The van der Waals surface area contributed by atoms with Gasteiger partial charge in [-0.2, -0.15) is 13.2 Å². The summed E-state index contributed by atoms with van der Waals surface area (Å²) in [5.41, 5.74) is -1.19. The van der Waals surface area contributed by atoms with Crippen molar-refractivity contribution in [3.63, 3.8) is 0 Å². The molecule has 0 aliphatic rings. The van der Waals surface area contributed by atoms with Gasteiger partial charge in [0.1, 0.15) is 34.4 Å². The molecular formula is C55H40Cl5F3N8O8. The number of alkyl halides is 3. The van der Waals surface area contributed by atoms with Gasteiger partial charge >= 0.3 is 6.18 Å². The first kappa shape index (κ1) is 58.2. The van der Waals surface area contributed by atoms with Gasteiger partial charge in [0.05, 0.1) is 37.7 Å². The van der Waals surface area contributed by atoms with E-state index >= 15 is 0 Å². The molecule has 0 atom stereocenters. The van der Waals surface area contributed by atoms with Crippen molar-refractivity contribution < 1.29 is 52.0 Å². The molecule has 0 aliphatic carbocycles. The van der Waals surface area contributed by atoms with Crippen molar-refractivity contribution in [1.29, 1.82) is 0 Å². The van der Waals surface area contributed by atoms with Crippen molar-refractivity contribution >= 4 is 116 Å². The Kier molecular flexibility index (Phi) is 18.7. The molecule has 0 saturated heterocycles. The summed E-state index contributed by atoms with van der Waals surface area (Å²) >= 11 is 31.3. The number of benzene rings is 7. The maximum Gasteiger partial charge on any atom is 0.416 e.